The molecule has 2 aromatic heterocycles. The van der Waals surface area contributed by atoms with E-state index in [1.807, 2.05) is 37.6 Å². The highest BCUT2D eigenvalue weighted by Crippen LogP contribution is 2.19. The van der Waals surface area contributed by atoms with Gasteiger partial charge in [0.15, 0.2) is 0 Å². The zero-order valence-electron chi connectivity index (χ0n) is 11.2. The van der Waals surface area contributed by atoms with Gasteiger partial charge in [-0.2, -0.15) is 5.26 Å². The molecule has 0 spiro atoms. The number of anilines is 1. The molecule has 2 heterocycles. The van der Waals surface area contributed by atoms with Gasteiger partial charge in [0.1, 0.15) is 16.4 Å². The molecular formula is C14H15BrN4. The maximum absolute atomic E-state index is 9.00. The lowest BCUT2D eigenvalue weighted by molar-refractivity contribution is 0.856. The minimum absolute atomic E-state index is 0.680. The fourth-order valence-corrected chi connectivity index (χ4v) is 2.12. The third-order valence-electron chi connectivity index (χ3n) is 3.25. The summed E-state index contributed by atoms with van der Waals surface area (Å²) in [5, 5.41) is 12.3. The van der Waals surface area contributed by atoms with Crippen LogP contribution in [-0.2, 0) is 13.6 Å². The number of aryl methyl sites for hydroxylation is 1. The molecule has 2 aromatic rings. The normalized spacial score (nSPS) is 10.3. The first kappa shape index (κ1) is 13.6. The summed E-state index contributed by atoms with van der Waals surface area (Å²) in [6, 6.07) is 6.15. The molecule has 0 aromatic carbocycles. The molecule has 0 saturated heterocycles. The van der Waals surface area contributed by atoms with Crippen LogP contribution in [0.2, 0.25) is 0 Å². The molecule has 98 valence electrons. The molecular weight excluding hydrogens is 304 g/mol. The van der Waals surface area contributed by atoms with E-state index in [0.29, 0.717) is 12.2 Å². The first-order valence-electron chi connectivity index (χ1n) is 5.94. The monoisotopic (exact) mass is 318 g/mol. The standard InChI is InChI=1S/C14H15BrN4/c1-9-4-12(8-18-14(9)15)17-7-11-5-13(6-16)19(3)10(11)2/h4-5,8,17H,7H2,1-3H3. The summed E-state index contributed by atoms with van der Waals surface area (Å²) in [5.41, 5.74) is 4.97. The Morgan fingerprint density at radius 2 is 2.16 bits per heavy atom. The topological polar surface area (TPSA) is 53.6 Å². The van der Waals surface area contributed by atoms with Crippen molar-refractivity contribution in [3.63, 3.8) is 0 Å². The first-order chi connectivity index (χ1) is 9.02. The average Bonchev–Trinajstić information content (AvgIpc) is 2.67. The SMILES string of the molecule is Cc1cc(NCc2cc(C#N)n(C)c2C)cnc1Br. The van der Waals surface area contributed by atoms with Crippen LogP contribution >= 0.6 is 15.9 Å². The minimum atomic E-state index is 0.680. The van der Waals surface area contributed by atoms with E-state index in [9.17, 15) is 0 Å². The molecule has 2 rings (SSSR count). The number of nitrogens with zero attached hydrogens (tertiary/aromatic N) is 3. The smallest absolute Gasteiger partial charge is 0.120 e. The van der Waals surface area contributed by atoms with E-state index >= 15 is 0 Å². The third kappa shape index (κ3) is 2.79. The Balaban J connectivity index is 2.15. The summed E-state index contributed by atoms with van der Waals surface area (Å²) in [6.07, 6.45) is 1.79. The molecule has 0 aliphatic heterocycles. The Bertz CT molecular complexity index is 652. The van der Waals surface area contributed by atoms with Gasteiger partial charge in [0.05, 0.1) is 11.9 Å². The van der Waals surface area contributed by atoms with Crippen molar-refractivity contribution in [1.82, 2.24) is 9.55 Å². The van der Waals surface area contributed by atoms with Crippen molar-refractivity contribution < 1.29 is 0 Å². The van der Waals surface area contributed by atoms with Crippen LogP contribution in [0.1, 0.15) is 22.5 Å². The fourth-order valence-electron chi connectivity index (χ4n) is 1.90. The van der Waals surface area contributed by atoms with Crippen LogP contribution < -0.4 is 5.32 Å². The van der Waals surface area contributed by atoms with Gasteiger partial charge in [-0.25, -0.2) is 4.98 Å². The van der Waals surface area contributed by atoms with Crippen LogP contribution in [-0.4, -0.2) is 9.55 Å². The molecule has 4 nitrogen and oxygen atoms in total. The van der Waals surface area contributed by atoms with Crippen molar-refractivity contribution >= 4 is 21.6 Å². The quantitative estimate of drug-likeness (QED) is 0.883. The van der Waals surface area contributed by atoms with E-state index in [1.165, 1.54) is 0 Å². The highest BCUT2D eigenvalue weighted by atomic mass is 79.9. The average molecular weight is 319 g/mol. The second-order valence-electron chi connectivity index (χ2n) is 4.50. The van der Waals surface area contributed by atoms with Crippen LogP contribution in [0, 0.1) is 25.2 Å². The van der Waals surface area contributed by atoms with Gasteiger partial charge >= 0.3 is 0 Å². The molecule has 1 N–H and O–H groups in total. The largest absolute Gasteiger partial charge is 0.380 e. The molecule has 0 atom stereocenters. The number of hydrogen-bond acceptors (Lipinski definition) is 3. The summed E-state index contributed by atoms with van der Waals surface area (Å²) in [4.78, 5) is 4.25. The zero-order valence-corrected chi connectivity index (χ0v) is 12.7. The first-order valence-corrected chi connectivity index (χ1v) is 6.73. The van der Waals surface area contributed by atoms with Gasteiger partial charge in [0, 0.05) is 19.3 Å². The predicted octanol–water partition coefficient (Wildman–Crippen LogP) is 3.28. The Morgan fingerprint density at radius 3 is 2.74 bits per heavy atom. The summed E-state index contributed by atoms with van der Waals surface area (Å²) < 4.78 is 2.77. The Kier molecular flexibility index (Phi) is 3.91. The third-order valence-corrected chi connectivity index (χ3v) is 4.08. The van der Waals surface area contributed by atoms with E-state index in [2.05, 4.69) is 32.3 Å². The van der Waals surface area contributed by atoms with Crippen LogP contribution in [0.3, 0.4) is 0 Å². The van der Waals surface area contributed by atoms with Gasteiger partial charge in [-0.05, 0) is 53.0 Å². The lowest BCUT2D eigenvalue weighted by atomic mass is 10.2. The van der Waals surface area contributed by atoms with Crippen LogP contribution in [0.4, 0.5) is 5.69 Å². The maximum Gasteiger partial charge on any atom is 0.120 e. The van der Waals surface area contributed by atoms with Crippen molar-refractivity contribution in [3.05, 3.63) is 45.4 Å². The molecule has 0 unspecified atom stereocenters. The van der Waals surface area contributed by atoms with Gasteiger partial charge in [0.25, 0.3) is 0 Å². The summed E-state index contributed by atoms with van der Waals surface area (Å²) in [7, 11) is 1.91. The van der Waals surface area contributed by atoms with E-state index in [4.69, 9.17) is 5.26 Å². The number of aromatic nitrogens is 2. The molecule has 0 radical (unpaired) electrons. The van der Waals surface area contributed by atoms with Crippen molar-refractivity contribution in [2.75, 3.05) is 5.32 Å². The summed E-state index contributed by atoms with van der Waals surface area (Å²) in [5.74, 6) is 0. The van der Waals surface area contributed by atoms with E-state index < -0.39 is 0 Å². The van der Waals surface area contributed by atoms with Crippen molar-refractivity contribution in [3.8, 4) is 6.07 Å². The second-order valence-corrected chi connectivity index (χ2v) is 5.25. The van der Waals surface area contributed by atoms with E-state index in [0.717, 1.165) is 27.1 Å². The van der Waals surface area contributed by atoms with Crippen molar-refractivity contribution in [2.24, 2.45) is 7.05 Å². The Hall–Kier alpha value is -1.80. The van der Waals surface area contributed by atoms with Crippen molar-refractivity contribution in [2.45, 2.75) is 20.4 Å². The maximum atomic E-state index is 9.00. The number of pyridine rings is 1. The summed E-state index contributed by atoms with van der Waals surface area (Å²) >= 11 is 3.38. The Labute approximate surface area is 121 Å². The predicted molar refractivity (Wildman–Crippen MR) is 78.9 cm³/mol. The van der Waals surface area contributed by atoms with Crippen LogP contribution in [0.25, 0.3) is 0 Å². The molecule has 19 heavy (non-hydrogen) atoms. The summed E-state index contributed by atoms with van der Waals surface area (Å²) in [6.45, 7) is 4.71. The fraction of sp³-hybridized carbons (Fsp3) is 0.286. The highest BCUT2D eigenvalue weighted by molar-refractivity contribution is 9.10. The van der Waals surface area contributed by atoms with Crippen LogP contribution in [0.5, 0.6) is 0 Å². The van der Waals surface area contributed by atoms with E-state index in [-0.39, 0.29) is 0 Å². The number of halogens is 1. The van der Waals surface area contributed by atoms with Gasteiger partial charge in [-0.3, -0.25) is 0 Å². The number of hydrogen-bond donors (Lipinski definition) is 1. The van der Waals surface area contributed by atoms with Gasteiger partial charge in [-0.15, -0.1) is 0 Å². The van der Waals surface area contributed by atoms with Gasteiger partial charge < -0.3 is 9.88 Å². The molecule has 0 bridgehead atoms. The molecule has 0 amide bonds. The molecule has 5 heteroatoms. The highest BCUT2D eigenvalue weighted by Gasteiger charge is 2.08. The lowest BCUT2D eigenvalue weighted by Crippen LogP contribution is -2.02. The molecule has 0 aliphatic carbocycles. The van der Waals surface area contributed by atoms with Crippen molar-refractivity contribution in [1.29, 1.82) is 5.26 Å². The molecule has 0 aliphatic rings. The minimum Gasteiger partial charge on any atom is -0.380 e. The Morgan fingerprint density at radius 1 is 1.42 bits per heavy atom. The number of nitrogens with one attached hydrogen (secondary N) is 1. The lowest BCUT2D eigenvalue weighted by Gasteiger charge is -2.08. The number of nitriles is 1. The van der Waals surface area contributed by atoms with E-state index in [1.54, 1.807) is 6.20 Å². The van der Waals surface area contributed by atoms with Gasteiger partial charge in [-0.1, -0.05) is 0 Å². The second kappa shape index (κ2) is 5.45. The zero-order chi connectivity index (χ0) is 14.0. The molecule has 0 fully saturated rings. The van der Waals surface area contributed by atoms with Crippen LogP contribution in [0.15, 0.2) is 22.9 Å². The van der Waals surface area contributed by atoms with Gasteiger partial charge in [0.2, 0.25) is 0 Å². The molecule has 0 saturated carbocycles. The number of rotatable bonds is 3.